The van der Waals surface area contributed by atoms with E-state index in [0.29, 0.717) is 22.7 Å². The molecule has 21 heavy (non-hydrogen) atoms. The Bertz CT molecular complexity index is 752. The summed E-state index contributed by atoms with van der Waals surface area (Å²) in [5, 5.41) is 14.1. The fraction of sp³-hybridized carbons (Fsp3) is 0.333. The number of hydrazone groups is 1. The first-order valence-corrected chi connectivity index (χ1v) is 6.33. The van der Waals surface area contributed by atoms with Crippen LogP contribution in [0.25, 0.3) is 11.2 Å². The highest BCUT2D eigenvalue weighted by molar-refractivity contribution is 6.16. The normalized spacial score (nSPS) is 18.3. The molecule has 1 aliphatic heterocycles. The van der Waals surface area contributed by atoms with Crippen LogP contribution >= 0.6 is 0 Å². The van der Waals surface area contributed by atoms with Crippen LogP contribution in [0.2, 0.25) is 0 Å². The van der Waals surface area contributed by atoms with Crippen molar-refractivity contribution in [3.05, 3.63) is 12.7 Å². The Balaban J connectivity index is 1.92. The van der Waals surface area contributed by atoms with Crippen molar-refractivity contribution in [3.8, 4) is 0 Å². The number of carboxylic acids is 1. The molecule has 0 aliphatic carbocycles. The molecule has 108 valence electrons. The highest BCUT2D eigenvalue weighted by atomic mass is 16.4. The quantitative estimate of drug-likeness (QED) is 0.846. The van der Waals surface area contributed by atoms with Crippen LogP contribution in [0.4, 0.5) is 5.82 Å². The van der Waals surface area contributed by atoms with Crippen LogP contribution in [-0.4, -0.2) is 42.6 Å². The molecule has 0 spiro atoms. The summed E-state index contributed by atoms with van der Waals surface area (Å²) in [7, 11) is 0. The Labute approximate surface area is 118 Å². The number of aliphatic carboxylic acids is 1. The number of carbonyl (C=O) groups is 2. The van der Waals surface area contributed by atoms with Gasteiger partial charge in [0.15, 0.2) is 11.5 Å². The maximum atomic E-state index is 12.4. The van der Waals surface area contributed by atoms with E-state index in [1.807, 2.05) is 0 Å². The number of hydrogen-bond donors (Lipinski definition) is 2. The van der Waals surface area contributed by atoms with Crippen molar-refractivity contribution < 1.29 is 14.7 Å². The summed E-state index contributed by atoms with van der Waals surface area (Å²) in [5.74, 6) is -1.44. The summed E-state index contributed by atoms with van der Waals surface area (Å²) < 4.78 is 0. The molecule has 0 aromatic carbocycles. The van der Waals surface area contributed by atoms with Gasteiger partial charge in [0, 0.05) is 12.1 Å². The van der Waals surface area contributed by atoms with E-state index in [9.17, 15) is 9.59 Å². The average Bonchev–Trinajstić information content (AvgIpc) is 3.02. The second-order valence-corrected chi connectivity index (χ2v) is 4.67. The van der Waals surface area contributed by atoms with Gasteiger partial charge in [-0.3, -0.25) is 9.59 Å². The molecule has 0 radical (unpaired) electrons. The van der Waals surface area contributed by atoms with E-state index < -0.39 is 11.9 Å². The van der Waals surface area contributed by atoms with Crippen molar-refractivity contribution in [2.45, 2.75) is 19.8 Å². The van der Waals surface area contributed by atoms with Crippen molar-refractivity contribution >= 4 is 34.6 Å². The summed E-state index contributed by atoms with van der Waals surface area (Å²) in [4.78, 5) is 38.0. The molecule has 0 fully saturated rings. The van der Waals surface area contributed by atoms with E-state index in [0.717, 1.165) is 0 Å². The largest absolute Gasteiger partial charge is 0.481 e. The van der Waals surface area contributed by atoms with Crippen LogP contribution < -0.4 is 5.01 Å². The van der Waals surface area contributed by atoms with Gasteiger partial charge in [-0.25, -0.2) is 15.0 Å². The maximum absolute atomic E-state index is 12.4. The van der Waals surface area contributed by atoms with Crippen molar-refractivity contribution in [2.75, 3.05) is 5.01 Å². The first-order chi connectivity index (χ1) is 10.1. The molecule has 9 heteroatoms. The molecule has 1 amide bonds. The molecular formula is C12H12N6O3. The number of imidazole rings is 1. The number of fused-ring (bicyclic) bond motifs is 1. The Kier molecular flexibility index (Phi) is 3.09. The maximum Gasteiger partial charge on any atom is 0.303 e. The van der Waals surface area contributed by atoms with E-state index in [4.69, 9.17) is 5.11 Å². The molecular weight excluding hydrogens is 276 g/mol. The van der Waals surface area contributed by atoms with Crippen molar-refractivity contribution in [3.63, 3.8) is 0 Å². The van der Waals surface area contributed by atoms with Crippen molar-refractivity contribution in [1.82, 2.24) is 19.9 Å². The van der Waals surface area contributed by atoms with E-state index in [-0.39, 0.29) is 18.7 Å². The molecule has 0 saturated heterocycles. The lowest BCUT2D eigenvalue weighted by Gasteiger charge is -2.13. The van der Waals surface area contributed by atoms with Crippen molar-refractivity contribution in [2.24, 2.45) is 11.0 Å². The first kappa shape index (κ1) is 13.2. The number of H-pyrrole nitrogens is 1. The minimum atomic E-state index is -0.938. The summed E-state index contributed by atoms with van der Waals surface area (Å²) in [6.45, 7) is 1.70. The van der Waals surface area contributed by atoms with Crippen LogP contribution in [0.5, 0.6) is 0 Å². The summed E-state index contributed by atoms with van der Waals surface area (Å²) in [6, 6.07) is 0. The third-order valence-electron chi connectivity index (χ3n) is 3.32. The second-order valence-electron chi connectivity index (χ2n) is 4.67. The van der Waals surface area contributed by atoms with Gasteiger partial charge in [-0.05, 0) is 13.3 Å². The highest BCUT2D eigenvalue weighted by Gasteiger charge is 2.36. The fourth-order valence-electron chi connectivity index (χ4n) is 2.27. The molecule has 1 unspecified atom stereocenters. The lowest BCUT2D eigenvalue weighted by Crippen LogP contribution is -2.28. The molecule has 2 N–H and O–H groups in total. The van der Waals surface area contributed by atoms with Gasteiger partial charge in [-0.15, -0.1) is 0 Å². The lowest BCUT2D eigenvalue weighted by atomic mass is 9.98. The molecule has 1 aliphatic rings. The number of rotatable bonds is 4. The third kappa shape index (κ3) is 2.22. The summed E-state index contributed by atoms with van der Waals surface area (Å²) in [5.41, 5.74) is 1.53. The van der Waals surface area contributed by atoms with E-state index in [1.54, 1.807) is 6.92 Å². The predicted octanol–water partition coefficient (Wildman–Crippen LogP) is 0.556. The second kappa shape index (κ2) is 4.93. The minimum Gasteiger partial charge on any atom is -0.481 e. The zero-order valence-electron chi connectivity index (χ0n) is 11.1. The molecule has 0 bridgehead atoms. The van der Waals surface area contributed by atoms with Crippen LogP contribution in [0, 0.1) is 5.92 Å². The highest BCUT2D eigenvalue weighted by Crippen LogP contribution is 2.28. The van der Waals surface area contributed by atoms with Crippen LogP contribution in [-0.2, 0) is 9.59 Å². The van der Waals surface area contributed by atoms with Crippen molar-refractivity contribution in [1.29, 1.82) is 0 Å². The number of nitrogens with zero attached hydrogens (tertiary/aromatic N) is 5. The van der Waals surface area contributed by atoms with Gasteiger partial charge in [0.05, 0.1) is 12.2 Å². The monoisotopic (exact) mass is 288 g/mol. The zero-order chi connectivity index (χ0) is 15.0. The first-order valence-electron chi connectivity index (χ1n) is 6.33. The topological polar surface area (TPSA) is 124 Å². The van der Waals surface area contributed by atoms with E-state index in [1.165, 1.54) is 17.7 Å². The van der Waals surface area contributed by atoms with Crippen LogP contribution in [0.3, 0.4) is 0 Å². The predicted molar refractivity (Wildman–Crippen MR) is 72.6 cm³/mol. The molecule has 2 aromatic heterocycles. The van der Waals surface area contributed by atoms with Gasteiger partial charge in [0.1, 0.15) is 11.8 Å². The molecule has 9 nitrogen and oxygen atoms in total. The number of carbonyl (C=O) groups excluding carboxylic acids is 1. The van der Waals surface area contributed by atoms with Crippen LogP contribution in [0.1, 0.15) is 19.8 Å². The Morgan fingerprint density at radius 1 is 1.43 bits per heavy atom. The lowest BCUT2D eigenvalue weighted by molar-refractivity contribution is -0.137. The van der Waals surface area contributed by atoms with E-state index in [2.05, 4.69) is 25.0 Å². The number of carboxylic acid groups (broad SMARTS) is 1. The van der Waals surface area contributed by atoms with Gasteiger partial charge in [-0.2, -0.15) is 10.1 Å². The third-order valence-corrected chi connectivity index (χ3v) is 3.32. The number of anilines is 1. The van der Waals surface area contributed by atoms with Crippen LogP contribution in [0.15, 0.2) is 17.8 Å². The van der Waals surface area contributed by atoms with E-state index >= 15 is 0 Å². The number of hydrogen-bond acceptors (Lipinski definition) is 6. The molecule has 1 atom stereocenters. The fourth-order valence-corrected chi connectivity index (χ4v) is 2.27. The Morgan fingerprint density at radius 3 is 3.00 bits per heavy atom. The molecule has 2 aromatic rings. The Morgan fingerprint density at radius 2 is 2.24 bits per heavy atom. The van der Waals surface area contributed by atoms with Gasteiger partial charge >= 0.3 is 5.97 Å². The summed E-state index contributed by atoms with van der Waals surface area (Å²) in [6.07, 6.45) is 2.90. The molecule has 3 heterocycles. The number of nitrogens with one attached hydrogen (secondary N) is 1. The number of aromatic nitrogens is 4. The number of aromatic amines is 1. The standard InChI is InChI=1S/C12H12N6O3/c1-6-7(2-3-8(19)20)12(21)18(17-6)11-9-10(14-4-13-9)15-5-16-11/h4-5,7H,2-3H2,1H3,(H,19,20)(H,13,14,15,16). The van der Waals surface area contributed by atoms with Gasteiger partial charge < -0.3 is 10.1 Å². The Hall–Kier alpha value is -2.84. The molecule has 3 rings (SSSR count). The minimum absolute atomic E-state index is 0.0830. The molecule has 0 saturated carbocycles. The average molecular weight is 288 g/mol. The van der Waals surface area contributed by atoms with Gasteiger partial charge in [-0.1, -0.05) is 0 Å². The number of amides is 1. The SMILES string of the molecule is CC1=NN(c2ncnc3nc[nH]c23)C(=O)C1CCC(=O)O. The van der Waals surface area contributed by atoms with Gasteiger partial charge in [0.25, 0.3) is 5.91 Å². The summed E-state index contributed by atoms with van der Waals surface area (Å²) >= 11 is 0. The zero-order valence-corrected chi connectivity index (χ0v) is 11.1. The smallest absolute Gasteiger partial charge is 0.303 e. The van der Waals surface area contributed by atoms with Gasteiger partial charge in [0.2, 0.25) is 0 Å².